The number of rotatable bonds is 5. The standard InChI is InChI=1S/C16H25N3/c1-12-5-6-14-13(11-12)18-15(19(14)4)7-8-16(2,3)9-10-17/h5-6,11H,7-10,17H2,1-4H3. The molecule has 1 aromatic heterocycles. The summed E-state index contributed by atoms with van der Waals surface area (Å²) in [7, 11) is 2.11. The average Bonchev–Trinajstić information content (AvgIpc) is 2.63. The second-order valence-corrected chi connectivity index (χ2v) is 6.28. The number of nitrogens with two attached hydrogens (primary N) is 1. The third kappa shape index (κ3) is 3.16. The van der Waals surface area contributed by atoms with Gasteiger partial charge in [0.05, 0.1) is 11.0 Å². The Bertz CT molecular complexity index is 567. The van der Waals surface area contributed by atoms with E-state index in [1.807, 2.05) is 0 Å². The molecule has 0 amide bonds. The van der Waals surface area contributed by atoms with Gasteiger partial charge >= 0.3 is 0 Å². The van der Waals surface area contributed by atoms with Crippen molar-refractivity contribution >= 4 is 11.0 Å². The van der Waals surface area contributed by atoms with Crippen LogP contribution in [0.2, 0.25) is 0 Å². The lowest BCUT2D eigenvalue weighted by molar-refractivity contribution is 0.310. The van der Waals surface area contributed by atoms with E-state index in [2.05, 4.69) is 50.6 Å². The molecule has 0 bridgehead atoms. The van der Waals surface area contributed by atoms with Gasteiger partial charge in [0.1, 0.15) is 5.82 Å². The van der Waals surface area contributed by atoms with Crippen molar-refractivity contribution in [3.63, 3.8) is 0 Å². The molecule has 0 aliphatic rings. The predicted molar refractivity (Wildman–Crippen MR) is 81.2 cm³/mol. The molecule has 0 aliphatic carbocycles. The minimum atomic E-state index is 0.294. The molecule has 0 fully saturated rings. The molecule has 2 N–H and O–H groups in total. The zero-order valence-corrected chi connectivity index (χ0v) is 12.5. The molecule has 2 rings (SSSR count). The number of benzene rings is 1. The number of hydrogen-bond donors (Lipinski definition) is 1. The van der Waals surface area contributed by atoms with Gasteiger partial charge in [0.2, 0.25) is 0 Å². The van der Waals surface area contributed by atoms with Crippen molar-refractivity contribution in [1.29, 1.82) is 0 Å². The van der Waals surface area contributed by atoms with Crippen LogP contribution in [0.1, 0.15) is 38.1 Å². The van der Waals surface area contributed by atoms with Crippen LogP contribution in [-0.2, 0) is 13.5 Å². The molecule has 0 radical (unpaired) electrons. The van der Waals surface area contributed by atoms with Gasteiger partial charge in [-0.15, -0.1) is 0 Å². The van der Waals surface area contributed by atoms with Crippen LogP contribution in [0.3, 0.4) is 0 Å². The molecule has 2 aromatic rings. The minimum Gasteiger partial charge on any atom is -0.331 e. The summed E-state index contributed by atoms with van der Waals surface area (Å²) in [5.74, 6) is 1.17. The first-order valence-corrected chi connectivity index (χ1v) is 7.05. The number of aryl methyl sites for hydroxylation is 3. The second kappa shape index (κ2) is 5.33. The van der Waals surface area contributed by atoms with Crippen LogP contribution >= 0.6 is 0 Å². The largest absolute Gasteiger partial charge is 0.331 e. The number of hydrogen-bond acceptors (Lipinski definition) is 2. The third-order valence-corrected chi connectivity index (χ3v) is 3.98. The van der Waals surface area contributed by atoms with E-state index in [4.69, 9.17) is 10.7 Å². The van der Waals surface area contributed by atoms with E-state index in [1.165, 1.54) is 16.9 Å². The highest BCUT2D eigenvalue weighted by Crippen LogP contribution is 2.27. The van der Waals surface area contributed by atoms with Crippen molar-refractivity contribution in [1.82, 2.24) is 9.55 Å². The Morgan fingerprint density at radius 1 is 1.26 bits per heavy atom. The van der Waals surface area contributed by atoms with Gasteiger partial charge in [-0.05, 0) is 49.4 Å². The topological polar surface area (TPSA) is 43.8 Å². The molecule has 0 aliphatic heterocycles. The highest BCUT2D eigenvalue weighted by atomic mass is 15.1. The van der Waals surface area contributed by atoms with Gasteiger partial charge in [-0.2, -0.15) is 0 Å². The van der Waals surface area contributed by atoms with Crippen molar-refractivity contribution in [3.05, 3.63) is 29.6 Å². The fourth-order valence-electron chi connectivity index (χ4n) is 2.55. The zero-order valence-electron chi connectivity index (χ0n) is 12.5. The molecule has 3 nitrogen and oxygen atoms in total. The molecule has 0 saturated carbocycles. The van der Waals surface area contributed by atoms with Crippen LogP contribution in [-0.4, -0.2) is 16.1 Å². The lowest BCUT2D eigenvalue weighted by Crippen LogP contribution is -2.18. The molecular formula is C16H25N3. The Labute approximate surface area is 115 Å². The van der Waals surface area contributed by atoms with Gasteiger partial charge < -0.3 is 10.3 Å². The summed E-state index contributed by atoms with van der Waals surface area (Å²) in [6.07, 6.45) is 3.20. The summed E-state index contributed by atoms with van der Waals surface area (Å²) >= 11 is 0. The van der Waals surface area contributed by atoms with E-state index in [1.54, 1.807) is 0 Å². The maximum Gasteiger partial charge on any atom is 0.109 e. The molecule has 1 aromatic carbocycles. The summed E-state index contributed by atoms with van der Waals surface area (Å²) in [5, 5.41) is 0. The first-order chi connectivity index (χ1) is 8.93. The Balaban J connectivity index is 2.19. The number of fused-ring (bicyclic) bond motifs is 1. The number of aromatic nitrogens is 2. The normalized spacial score (nSPS) is 12.3. The molecule has 0 atom stereocenters. The lowest BCUT2D eigenvalue weighted by atomic mass is 9.84. The first-order valence-electron chi connectivity index (χ1n) is 7.05. The van der Waals surface area contributed by atoms with E-state index in [-0.39, 0.29) is 0 Å². The zero-order chi connectivity index (χ0) is 14.0. The Kier molecular flexibility index (Phi) is 3.95. The van der Waals surface area contributed by atoms with Gasteiger partial charge in [0.25, 0.3) is 0 Å². The van der Waals surface area contributed by atoms with Gasteiger partial charge in [-0.1, -0.05) is 19.9 Å². The quantitative estimate of drug-likeness (QED) is 0.896. The highest BCUT2D eigenvalue weighted by molar-refractivity contribution is 5.76. The first kappa shape index (κ1) is 14.1. The lowest BCUT2D eigenvalue weighted by Gasteiger charge is -2.23. The van der Waals surface area contributed by atoms with Crippen molar-refractivity contribution in [2.45, 2.75) is 40.0 Å². The third-order valence-electron chi connectivity index (χ3n) is 3.98. The minimum absolute atomic E-state index is 0.294. The molecule has 104 valence electrons. The number of imidazole rings is 1. The Morgan fingerprint density at radius 3 is 2.68 bits per heavy atom. The maximum absolute atomic E-state index is 5.67. The summed E-state index contributed by atoms with van der Waals surface area (Å²) < 4.78 is 2.22. The predicted octanol–water partition coefficient (Wildman–Crippen LogP) is 3.19. The Hall–Kier alpha value is -1.35. The monoisotopic (exact) mass is 259 g/mol. The molecule has 19 heavy (non-hydrogen) atoms. The van der Waals surface area contributed by atoms with E-state index in [0.29, 0.717) is 5.41 Å². The number of nitrogens with zero attached hydrogens (tertiary/aromatic N) is 2. The van der Waals surface area contributed by atoms with Crippen molar-refractivity contribution in [2.24, 2.45) is 18.2 Å². The van der Waals surface area contributed by atoms with E-state index in [9.17, 15) is 0 Å². The van der Waals surface area contributed by atoms with Crippen LogP contribution in [0.25, 0.3) is 11.0 Å². The van der Waals surface area contributed by atoms with E-state index < -0.39 is 0 Å². The maximum atomic E-state index is 5.67. The van der Waals surface area contributed by atoms with Crippen LogP contribution < -0.4 is 5.73 Å². The van der Waals surface area contributed by atoms with Crippen LogP contribution in [0.5, 0.6) is 0 Å². The smallest absolute Gasteiger partial charge is 0.109 e. The van der Waals surface area contributed by atoms with Gasteiger partial charge in [0.15, 0.2) is 0 Å². The SMILES string of the molecule is Cc1ccc2c(c1)nc(CCC(C)(C)CCN)n2C. The van der Waals surface area contributed by atoms with Crippen molar-refractivity contribution in [3.8, 4) is 0 Å². The van der Waals surface area contributed by atoms with Gasteiger partial charge in [-0.25, -0.2) is 4.98 Å². The van der Waals surface area contributed by atoms with Crippen LogP contribution in [0.4, 0.5) is 0 Å². The molecular weight excluding hydrogens is 234 g/mol. The molecule has 0 saturated heterocycles. The van der Waals surface area contributed by atoms with E-state index in [0.717, 1.165) is 31.3 Å². The summed E-state index contributed by atoms with van der Waals surface area (Å²) in [6, 6.07) is 6.46. The summed E-state index contributed by atoms with van der Waals surface area (Å²) in [5.41, 5.74) is 9.55. The van der Waals surface area contributed by atoms with Crippen LogP contribution in [0, 0.1) is 12.3 Å². The van der Waals surface area contributed by atoms with Crippen molar-refractivity contribution in [2.75, 3.05) is 6.54 Å². The van der Waals surface area contributed by atoms with E-state index >= 15 is 0 Å². The fourth-order valence-corrected chi connectivity index (χ4v) is 2.55. The molecule has 0 unspecified atom stereocenters. The molecule has 1 heterocycles. The summed E-state index contributed by atoms with van der Waals surface area (Å²) in [6.45, 7) is 7.44. The highest BCUT2D eigenvalue weighted by Gasteiger charge is 2.18. The van der Waals surface area contributed by atoms with Crippen molar-refractivity contribution < 1.29 is 0 Å². The molecule has 3 heteroatoms. The average molecular weight is 259 g/mol. The van der Waals surface area contributed by atoms with Gasteiger partial charge in [0, 0.05) is 13.5 Å². The summed E-state index contributed by atoms with van der Waals surface area (Å²) in [4.78, 5) is 4.77. The molecule has 0 spiro atoms. The van der Waals surface area contributed by atoms with Gasteiger partial charge in [-0.3, -0.25) is 0 Å². The Morgan fingerprint density at radius 2 is 2.00 bits per heavy atom. The fraction of sp³-hybridized carbons (Fsp3) is 0.562. The second-order valence-electron chi connectivity index (χ2n) is 6.28. The van der Waals surface area contributed by atoms with Crippen LogP contribution in [0.15, 0.2) is 18.2 Å².